The van der Waals surface area contributed by atoms with E-state index in [1.165, 1.54) is 7.11 Å². The maximum atomic E-state index is 11.7. The van der Waals surface area contributed by atoms with Crippen molar-refractivity contribution in [2.75, 3.05) is 24.9 Å². The molecule has 2 rings (SSSR count). The van der Waals surface area contributed by atoms with Crippen LogP contribution in [0.15, 0.2) is 6.07 Å². The Kier molecular flexibility index (Phi) is 3.52. The molecule has 0 amide bonds. The Morgan fingerprint density at radius 2 is 2.44 bits per heavy atom. The lowest BCUT2D eigenvalue weighted by Crippen LogP contribution is -2.41. The van der Waals surface area contributed by atoms with E-state index in [-0.39, 0.29) is 0 Å². The third-order valence-corrected chi connectivity index (χ3v) is 3.60. The Labute approximate surface area is 101 Å². The lowest BCUT2D eigenvalue weighted by atomic mass is 10.3. The summed E-state index contributed by atoms with van der Waals surface area (Å²) in [5.41, 5.74) is 0. The normalized spacial score (nSPS) is 17.6. The van der Waals surface area contributed by atoms with Gasteiger partial charge in [0.1, 0.15) is 5.82 Å². The molecule has 1 aliphatic rings. The summed E-state index contributed by atoms with van der Waals surface area (Å²) < 4.78 is 21.6. The second-order valence-corrected chi connectivity index (χ2v) is 4.88. The van der Waals surface area contributed by atoms with Crippen LogP contribution in [0.5, 0.6) is 5.88 Å². The molecule has 1 aromatic heterocycles. The molecule has 0 saturated carbocycles. The van der Waals surface area contributed by atoms with Gasteiger partial charge in [-0.15, -0.1) is 0 Å². The summed E-state index contributed by atoms with van der Waals surface area (Å²) in [6.45, 7) is 1.70. The second-order valence-electron chi connectivity index (χ2n) is 3.28. The number of hydrogen-bond acceptors (Lipinski definition) is 4. The number of ether oxygens (including phenoxy) is 1. The summed E-state index contributed by atoms with van der Waals surface area (Å²) in [7, 11) is 1.51. The first kappa shape index (κ1) is 11.5. The van der Waals surface area contributed by atoms with E-state index in [9.17, 15) is 4.21 Å². The Morgan fingerprint density at radius 1 is 1.69 bits per heavy atom. The van der Waals surface area contributed by atoms with Crippen LogP contribution >= 0.6 is 12.2 Å². The van der Waals surface area contributed by atoms with Gasteiger partial charge in [0.15, 0.2) is 11.2 Å². The SMILES string of the molecule is COc1cc(NS(=O)N2CCC2)[nH]c(=S)n1. The third-order valence-electron chi connectivity index (χ3n) is 2.18. The fourth-order valence-corrected chi connectivity index (χ4v) is 2.42. The van der Waals surface area contributed by atoms with Gasteiger partial charge in [0.25, 0.3) is 0 Å². The number of methoxy groups -OCH3 is 1. The second kappa shape index (κ2) is 4.89. The van der Waals surface area contributed by atoms with Gasteiger partial charge >= 0.3 is 0 Å². The van der Waals surface area contributed by atoms with Gasteiger partial charge in [0.2, 0.25) is 10.7 Å². The molecule has 8 heteroatoms. The average molecular weight is 260 g/mol. The highest BCUT2D eigenvalue weighted by molar-refractivity contribution is 7.84. The van der Waals surface area contributed by atoms with Crippen molar-refractivity contribution in [1.82, 2.24) is 14.3 Å². The van der Waals surface area contributed by atoms with Gasteiger partial charge in [-0.1, -0.05) is 0 Å². The molecule has 16 heavy (non-hydrogen) atoms. The minimum atomic E-state index is -1.23. The van der Waals surface area contributed by atoms with Crippen molar-refractivity contribution in [2.45, 2.75) is 6.42 Å². The van der Waals surface area contributed by atoms with E-state index in [0.29, 0.717) is 16.5 Å². The summed E-state index contributed by atoms with van der Waals surface area (Å²) in [5, 5.41) is 0. The Hall–Kier alpha value is -0.990. The number of nitrogens with zero attached hydrogens (tertiary/aromatic N) is 2. The number of H-pyrrole nitrogens is 1. The zero-order chi connectivity index (χ0) is 11.5. The molecular formula is C8H12N4O2S2. The molecule has 1 fully saturated rings. The van der Waals surface area contributed by atoms with Crippen molar-refractivity contribution in [2.24, 2.45) is 0 Å². The maximum Gasteiger partial charge on any atom is 0.219 e. The molecule has 2 heterocycles. The number of rotatable bonds is 4. The van der Waals surface area contributed by atoms with Crippen LogP contribution in [0.25, 0.3) is 0 Å². The van der Waals surface area contributed by atoms with Gasteiger partial charge in [-0.2, -0.15) is 4.98 Å². The van der Waals surface area contributed by atoms with Crippen LogP contribution in [0.3, 0.4) is 0 Å². The van der Waals surface area contributed by atoms with E-state index in [0.717, 1.165) is 19.5 Å². The Balaban J connectivity index is 2.11. The molecule has 0 radical (unpaired) electrons. The first-order valence-corrected chi connectivity index (χ1v) is 6.29. The van der Waals surface area contributed by atoms with Crippen molar-refractivity contribution in [3.63, 3.8) is 0 Å². The third kappa shape index (κ3) is 2.57. The van der Waals surface area contributed by atoms with Gasteiger partial charge in [-0.25, -0.2) is 8.51 Å². The summed E-state index contributed by atoms with van der Waals surface area (Å²) in [6.07, 6.45) is 1.09. The number of nitrogens with one attached hydrogen (secondary N) is 2. The van der Waals surface area contributed by atoms with Gasteiger partial charge in [0.05, 0.1) is 7.11 Å². The quantitative estimate of drug-likeness (QED) is 0.787. The van der Waals surface area contributed by atoms with Crippen LogP contribution in [0.1, 0.15) is 6.42 Å². The van der Waals surface area contributed by atoms with E-state index in [1.807, 2.05) is 4.31 Å². The van der Waals surface area contributed by atoms with Gasteiger partial charge in [0, 0.05) is 19.2 Å². The molecule has 0 aliphatic carbocycles. The van der Waals surface area contributed by atoms with E-state index in [4.69, 9.17) is 17.0 Å². The molecule has 1 unspecified atom stereocenters. The highest BCUT2D eigenvalue weighted by atomic mass is 32.2. The van der Waals surface area contributed by atoms with Crippen molar-refractivity contribution in [3.8, 4) is 5.88 Å². The number of aromatic amines is 1. The van der Waals surface area contributed by atoms with Crippen LogP contribution in [0.2, 0.25) is 0 Å². The fraction of sp³-hybridized carbons (Fsp3) is 0.500. The molecular weight excluding hydrogens is 248 g/mol. The van der Waals surface area contributed by atoms with E-state index < -0.39 is 11.2 Å². The molecule has 88 valence electrons. The molecule has 6 nitrogen and oxygen atoms in total. The molecule has 1 saturated heterocycles. The molecule has 0 aromatic carbocycles. The fourth-order valence-electron chi connectivity index (χ4n) is 1.21. The topological polar surface area (TPSA) is 70.2 Å². The summed E-state index contributed by atoms with van der Waals surface area (Å²) >= 11 is 3.69. The monoisotopic (exact) mass is 260 g/mol. The maximum absolute atomic E-state index is 11.7. The minimum Gasteiger partial charge on any atom is -0.481 e. The summed E-state index contributed by atoms with van der Waals surface area (Å²) in [6, 6.07) is 1.62. The first-order chi connectivity index (χ1) is 7.69. The molecule has 2 N–H and O–H groups in total. The zero-order valence-corrected chi connectivity index (χ0v) is 10.4. The number of anilines is 1. The number of hydrogen-bond donors (Lipinski definition) is 2. The van der Waals surface area contributed by atoms with Crippen LogP contribution in [0.4, 0.5) is 5.82 Å². The molecule has 1 aliphatic heterocycles. The summed E-state index contributed by atoms with van der Waals surface area (Å²) in [5.74, 6) is 0.939. The molecule has 1 aromatic rings. The standard InChI is InChI=1S/C8H12N4O2S2/c1-14-7-5-6(9-8(15)10-7)11-16(13)12-3-2-4-12/h5H,2-4H2,1H3,(H2,9,10,11,15). The van der Waals surface area contributed by atoms with Gasteiger partial charge in [-0.05, 0) is 18.6 Å². The summed E-state index contributed by atoms with van der Waals surface area (Å²) in [4.78, 5) is 6.73. The Morgan fingerprint density at radius 3 is 3.00 bits per heavy atom. The van der Waals surface area contributed by atoms with Gasteiger partial charge in [-0.3, -0.25) is 4.72 Å². The largest absolute Gasteiger partial charge is 0.481 e. The number of aromatic nitrogens is 2. The van der Waals surface area contributed by atoms with Gasteiger partial charge < -0.3 is 9.72 Å². The highest BCUT2D eigenvalue weighted by Crippen LogP contribution is 2.15. The van der Waals surface area contributed by atoms with Crippen molar-refractivity contribution in [1.29, 1.82) is 0 Å². The molecule has 0 spiro atoms. The minimum absolute atomic E-state index is 0.294. The predicted molar refractivity (Wildman–Crippen MR) is 63.9 cm³/mol. The van der Waals surface area contributed by atoms with Crippen molar-refractivity contribution in [3.05, 3.63) is 10.8 Å². The van der Waals surface area contributed by atoms with E-state index >= 15 is 0 Å². The van der Waals surface area contributed by atoms with E-state index in [1.54, 1.807) is 6.07 Å². The van der Waals surface area contributed by atoms with Crippen LogP contribution in [0, 0.1) is 4.77 Å². The molecule has 1 atom stereocenters. The van der Waals surface area contributed by atoms with Crippen LogP contribution in [-0.4, -0.2) is 38.7 Å². The predicted octanol–water partition coefficient (Wildman–Crippen LogP) is 0.844. The zero-order valence-electron chi connectivity index (χ0n) is 8.73. The molecule has 0 bridgehead atoms. The van der Waals surface area contributed by atoms with Crippen LogP contribution < -0.4 is 9.46 Å². The van der Waals surface area contributed by atoms with Crippen molar-refractivity contribution < 1.29 is 8.95 Å². The Bertz CT molecular complexity index is 458. The first-order valence-electron chi connectivity index (χ1n) is 4.78. The average Bonchev–Trinajstić information content (AvgIpc) is 2.13. The highest BCUT2D eigenvalue weighted by Gasteiger charge is 2.20. The van der Waals surface area contributed by atoms with E-state index in [2.05, 4.69) is 14.7 Å². The smallest absolute Gasteiger partial charge is 0.219 e. The van der Waals surface area contributed by atoms with Crippen molar-refractivity contribution >= 4 is 29.2 Å². The lowest BCUT2D eigenvalue weighted by molar-refractivity contribution is 0.329. The van der Waals surface area contributed by atoms with Crippen LogP contribution in [-0.2, 0) is 11.2 Å². The lowest BCUT2D eigenvalue weighted by Gasteiger charge is -2.28.